The van der Waals surface area contributed by atoms with Crippen LogP contribution < -0.4 is 25.3 Å². The molecule has 8 nitrogen and oxygen atoms in total. The van der Waals surface area contributed by atoms with Crippen LogP contribution in [0.1, 0.15) is 23.6 Å². The lowest BCUT2D eigenvalue weighted by molar-refractivity contribution is -0.130. The number of ether oxygens (including phenoxy) is 3. The molecule has 4 rings (SSSR count). The van der Waals surface area contributed by atoms with Gasteiger partial charge in [-0.15, -0.1) is 0 Å². The van der Waals surface area contributed by atoms with Gasteiger partial charge in [-0.3, -0.25) is 4.79 Å². The number of para-hydroxylation sites is 1. The molecule has 170 valence electrons. The van der Waals surface area contributed by atoms with Crippen molar-refractivity contribution in [1.29, 1.82) is 0 Å². The number of nitrogens with zero attached hydrogens (tertiary/aromatic N) is 1. The largest absolute Gasteiger partial charge is 0.457 e. The van der Waals surface area contributed by atoms with E-state index in [2.05, 4.69) is 5.32 Å². The molecule has 3 aromatic rings. The van der Waals surface area contributed by atoms with Crippen LogP contribution in [-0.4, -0.2) is 30.7 Å². The Balaban J connectivity index is 1.45. The lowest BCUT2D eigenvalue weighted by atomic mass is 10.0. The molecule has 0 spiro atoms. The fraction of sp³-hybridized carbons (Fsp3) is 0.200. The van der Waals surface area contributed by atoms with E-state index in [1.807, 2.05) is 66.7 Å². The Kier molecular flexibility index (Phi) is 6.64. The number of hydrogen-bond acceptors (Lipinski definition) is 5. The van der Waals surface area contributed by atoms with Gasteiger partial charge in [0.1, 0.15) is 11.5 Å². The van der Waals surface area contributed by atoms with Gasteiger partial charge in [-0.1, -0.05) is 36.4 Å². The third kappa shape index (κ3) is 5.74. The fourth-order valence-electron chi connectivity index (χ4n) is 3.58. The summed E-state index contributed by atoms with van der Waals surface area (Å²) in [5, 5.41) is 2.67. The van der Waals surface area contributed by atoms with Crippen LogP contribution in [0.5, 0.6) is 23.0 Å². The molecule has 0 bridgehead atoms. The minimum atomic E-state index is -0.708. The lowest BCUT2D eigenvalue weighted by Gasteiger charge is -2.23. The first kappa shape index (κ1) is 22.0. The average Bonchev–Trinajstić information content (AvgIpc) is 3.27. The maximum absolute atomic E-state index is 13.0. The topological polar surface area (TPSA) is 103 Å². The van der Waals surface area contributed by atoms with E-state index in [0.29, 0.717) is 35.1 Å². The van der Waals surface area contributed by atoms with Gasteiger partial charge in [0.05, 0.1) is 12.5 Å². The van der Waals surface area contributed by atoms with Gasteiger partial charge in [0.2, 0.25) is 12.7 Å². The summed E-state index contributed by atoms with van der Waals surface area (Å²) in [6.07, 6.45) is 0.0405. The number of carbonyl (C=O) groups is 2. The maximum atomic E-state index is 13.0. The van der Waals surface area contributed by atoms with Gasteiger partial charge < -0.3 is 30.2 Å². The second-order valence-electron chi connectivity index (χ2n) is 7.69. The molecule has 1 aliphatic heterocycles. The molecular weight excluding hydrogens is 422 g/mol. The number of benzene rings is 3. The predicted molar refractivity (Wildman–Crippen MR) is 122 cm³/mol. The highest BCUT2D eigenvalue weighted by molar-refractivity contribution is 5.78. The van der Waals surface area contributed by atoms with Crippen LogP contribution in [0.2, 0.25) is 0 Å². The molecule has 0 saturated carbocycles. The molecule has 1 heterocycles. The summed E-state index contributed by atoms with van der Waals surface area (Å²) in [5.41, 5.74) is 7.01. The van der Waals surface area contributed by atoms with Gasteiger partial charge in [0.25, 0.3) is 0 Å². The monoisotopic (exact) mass is 447 g/mol. The first-order chi connectivity index (χ1) is 16.0. The number of carbonyl (C=O) groups excluding carboxylic acids is 2. The molecule has 1 unspecified atom stereocenters. The Labute approximate surface area is 191 Å². The van der Waals surface area contributed by atoms with Crippen LogP contribution in [0.3, 0.4) is 0 Å². The zero-order valence-corrected chi connectivity index (χ0v) is 18.2. The minimum Gasteiger partial charge on any atom is -0.457 e. The number of urea groups is 1. The normalized spacial score (nSPS) is 12.6. The lowest BCUT2D eigenvalue weighted by Crippen LogP contribution is -2.37. The highest BCUT2D eigenvalue weighted by Gasteiger charge is 2.21. The molecule has 1 aliphatic rings. The summed E-state index contributed by atoms with van der Waals surface area (Å²) >= 11 is 0. The second kappa shape index (κ2) is 9.95. The van der Waals surface area contributed by atoms with Crippen LogP contribution in [0.25, 0.3) is 0 Å². The minimum absolute atomic E-state index is 0.0405. The van der Waals surface area contributed by atoms with Crippen molar-refractivity contribution in [3.63, 3.8) is 0 Å². The summed E-state index contributed by atoms with van der Waals surface area (Å²) < 4.78 is 16.6. The summed E-state index contributed by atoms with van der Waals surface area (Å²) in [4.78, 5) is 26.2. The van der Waals surface area contributed by atoms with Crippen molar-refractivity contribution in [3.05, 3.63) is 83.9 Å². The highest BCUT2D eigenvalue weighted by Crippen LogP contribution is 2.33. The first-order valence-corrected chi connectivity index (χ1v) is 10.5. The Hall–Kier alpha value is -4.20. The van der Waals surface area contributed by atoms with Crippen molar-refractivity contribution in [1.82, 2.24) is 10.2 Å². The summed E-state index contributed by atoms with van der Waals surface area (Å²) in [6, 6.07) is 20.9. The number of fused-ring (bicyclic) bond motifs is 1. The number of nitrogens with two attached hydrogens (primary N) is 1. The Morgan fingerprint density at radius 1 is 1.00 bits per heavy atom. The molecule has 0 radical (unpaired) electrons. The van der Waals surface area contributed by atoms with Gasteiger partial charge in [-0.25, -0.2) is 4.79 Å². The molecule has 0 aromatic heterocycles. The quantitative estimate of drug-likeness (QED) is 0.544. The Morgan fingerprint density at radius 3 is 2.55 bits per heavy atom. The van der Waals surface area contributed by atoms with Gasteiger partial charge in [-0.05, 0) is 47.5 Å². The van der Waals surface area contributed by atoms with E-state index in [9.17, 15) is 9.59 Å². The van der Waals surface area contributed by atoms with E-state index < -0.39 is 12.1 Å². The molecule has 0 aliphatic carbocycles. The molecule has 8 heteroatoms. The molecule has 3 amide bonds. The zero-order valence-electron chi connectivity index (χ0n) is 18.2. The van der Waals surface area contributed by atoms with E-state index in [-0.39, 0.29) is 19.1 Å². The van der Waals surface area contributed by atoms with Crippen LogP contribution in [0.15, 0.2) is 72.8 Å². The SMILES string of the molecule is CN(Cc1ccc2c(c1)OCO2)C(=O)CC(NC(N)=O)c1cccc(Oc2ccccc2)c1. The van der Waals surface area contributed by atoms with Gasteiger partial charge >= 0.3 is 6.03 Å². The van der Waals surface area contributed by atoms with Gasteiger partial charge in [0.15, 0.2) is 11.5 Å². The van der Waals surface area contributed by atoms with E-state index >= 15 is 0 Å². The van der Waals surface area contributed by atoms with E-state index in [1.54, 1.807) is 18.0 Å². The molecular formula is C25H25N3O5. The van der Waals surface area contributed by atoms with Crippen molar-refractivity contribution in [2.75, 3.05) is 13.8 Å². The van der Waals surface area contributed by atoms with Crippen molar-refractivity contribution in [3.8, 4) is 23.0 Å². The standard InChI is InChI=1S/C25H25N3O5/c1-28(15-17-10-11-22-23(12-17)32-16-31-22)24(29)14-21(27-25(26)30)18-6-5-9-20(13-18)33-19-7-3-2-4-8-19/h2-13,21H,14-16H2,1H3,(H3,26,27,30). The van der Waals surface area contributed by atoms with Crippen molar-refractivity contribution in [2.45, 2.75) is 19.0 Å². The van der Waals surface area contributed by atoms with E-state index in [4.69, 9.17) is 19.9 Å². The third-order valence-electron chi connectivity index (χ3n) is 5.22. The summed E-state index contributed by atoms with van der Waals surface area (Å²) in [5.74, 6) is 2.48. The highest BCUT2D eigenvalue weighted by atomic mass is 16.7. The number of nitrogens with one attached hydrogen (secondary N) is 1. The fourth-order valence-corrected chi connectivity index (χ4v) is 3.58. The molecule has 0 fully saturated rings. The van der Waals surface area contributed by atoms with Crippen LogP contribution in [0.4, 0.5) is 4.79 Å². The number of hydrogen-bond donors (Lipinski definition) is 2. The summed E-state index contributed by atoms with van der Waals surface area (Å²) in [6.45, 7) is 0.580. The van der Waals surface area contributed by atoms with Crippen molar-refractivity contribution >= 4 is 11.9 Å². The average molecular weight is 447 g/mol. The van der Waals surface area contributed by atoms with E-state index in [0.717, 1.165) is 5.56 Å². The van der Waals surface area contributed by atoms with Crippen molar-refractivity contribution in [2.24, 2.45) is 5.73 Å². The van der Waals surface area contributed by atoms with Crippen LogP contribution in [-0.2, 0) is 11.3 Å². The first-order valence-electron chi connectivity index (χ1n) is 10.5. The Morgan fingerprint density at radius 2 is 1.76 bits per heavy atom. The van der Waals surface area contributed by atoms with Gasteiger partial charge in [-0.2, -0.15) is 0 Å². The van der Waals surface area contributed by atoms with Crippen molar-refractivity contribution < 1.29 is 23.8 Å². The van der Waals surface area contributed by atoms with Crippen LogP contribution >= 0.6 is 0 Å². The number of rotatable bonds is 8. The number of amides is 3. The Bertz CT molecular complexity index is 1140. The predicted octanol–water partition coefficient (Wildman–Crippen LogP) is 3.97. The van der Waals surface area contributed by atoms with Crippen LogP contribution in [0, 0.1) is 0 Å². The number of primary amides is 1. The van der Waals surface area contributed by atoms with Gasteiger partial charge in [0, 0.05) is 13.6 Å². The zero-order chi connectivity index (χ0) is 23.2. The molecule has 3 aromatic carbocycles. The molecule has 0 saturated heterocycles. The molecule has 1 atom stereocenters. The van der Waals surface area contributed by atoms with E-state index in [1.165, 1.54) is 0 Å². The maximum Gasteiger partial charge on any atom is 0.312 e. The summed E-state index contributed by atoms with van der Waals surface area (Å²) in [7, 11) is 1.71. The molecule has 3 N–H and O–H groups in total. The smallest absolute Gasteiger partial charge is 0.312 e. The third-order valence-corrected chi connectivity index (χ3v) is 5.22. The second-order valence-corrected chi connectivity index (χ2v) is 7.69. The molecule has 33 heavy (non-hydrogen) atoms.